The number of sulfonamides is 1. The number of halogens is 2. The Balaban J connectivity index is 1.86. The summed E-state index contributed by atoms with van der Waals surface area (Å²) in [7, 11) is -7.98. The van der Waals surface area contributed by atoms with Crippen LogP contribution in [0.3, 0.4) is 0 Å². The molecule has 3 aromatic rings. The molecule has 1 heterocycles. The lowest BCUT2D eigenvalue weighted by Crippen LogP contribution is -2.26. The summed E-state index contributed by atoms with van der Waals surface area (Å²) in [5.41, 5.74) is 0.424. The van der Waals surface area contributed by atoms with Gasteiger partial charge in [-0.05, 0) is 43.2 Å². The SMILES string of the molecule is Cc1ccc(S(=O)(=O)c2cccc(Cl)c2Cl)cc1S(=O)(=O)NCCCn1ccnc1. The van der Waals surface area contributed by atoms with E-state index in [1.165, 1.54) is 30.3 Å². The molecule has 1 N–H and O–H groups in total. The number of aromatic nitrogens is 2. The molecule has 0 saturated carbocycles. The summed E-state index contributed by atoms with van der Waals surface area (Å²) >= 11 is 12.0. The first-order valence-electron chi connectivity index (χ1n) is 8.88. The molecule has 0 fully saturated rings. The Hall–Kier alpha value is -1.91. The Morgan fingerprint density at radius 1 is 1.07 bits per heavy atom. The fraction of sp³-hybridized carbons (Fsp3) is 0.211. The van der Waals surface area contributed by atoms with Gasteiger partial charge in [-0.15, -0.1) is 0 Å². The van der Waals surface area contributed by atoms with E-state index < -0.39 is 19.9 Å². The molecule has 0 radical (unpaired) electrons. The maximum Gasteiger partial charge on any atom is 0.240 e. The van der Waals surface area contributed by atoms with Crippen molar-refractivity contribution in [1.82, 2.24) is 14.3 Å². The highest BCUT2D eigenvalue weighted by atomic mass is 35.5. The number of hydrogen-bond donors (Lipinski definition) is 1. The maximum atomic E-state index is 13.0. The standard InChI is InChI=1S/C19H19Cl2N3O4S2/c1-14-6-7-15(29(25,26)17-5-2-4-16(20)19(17)21)12-18(14)30(27,28)23-8-3-10-24-11-9-22-13-24/h2,4-7,9,11-13,23H,3,8,10H2,1H3. The third kappa shape index (κ3) is 4.87. The molecule has 0 atom stereocenters. The molecular formula is C19H19Cl2N3O4S2. The Bertz CT molecular complexity index is 1260. The molecular weight excluding hydrogens is 469 g/mol. The second-order valence-corrected chi connectivity index (χ2v) is 11.0. The van der Waals surface area contributed by atoms with Crippen LogP contribution in [0.5, 0.6) is 0 Å². The quantitative estimate of drug-likeness (QED) is 0.488. The van der Waals surface area contributed by atoms with E-state index in [2.05, 4.69) is 9.71 Å². The van der Waals surface area contributed by atoms with Gasteiger partial charge in [-0.3, -0.25) is 0 Å². The molecule has 0 saturated heterocycles. The molecule has 0 unspecified atom stereocenters. The van der Waals surface area contributed by atoms with Crippen LogP contribution in [-0.4, -0.2) is 32.9 Å². The van der Waals surface area contributed by atoms with Gasteiger partial charge >= 0.3 is 0 Å². The number of imidazole rings is 1. The number of nitrogens with one attached hydrogen (secondary N) is 1. The monoisotopic (exact) mass is 487 g/mol. The molecule has 0 aliphatic carbocycles. The van der Waals surface area contributed by atoms with Crippen LogP contribution < -0.4 is 4.72 Å². The topological polar surface area (TPSA) is 98.1 Å². The number of rotatable bonds is 8. The normalized spacial score (nSPS) is 12.2. The van der Waals surface area contributed by atoms with E-state index in [0.717, 1.165) is 6.07 Å². The number of sulfone groups is 1. The van der Waals surface area contributed by atoms with Crippen LogP contribution in [-0.2, 0) is 26.4 Å². The van der Waals surface area contributed by atoms with Crippen LogP contribution in [0.4, 0.5) is 0 Å². The van der Waals surface area contributed by atoms with Crippen molar-refractivity contribution in [2.45, 2.75) is 34.6 Å². The van der Waals surface area contributed by atoms with Crippen molar-refractivity contribution in [3.63, 3.8) is 0 Å². The Labute approximate surface area is 185 Å². The number of benzene rings is 2. The summed E-state index contributed by atoms with van der Waals surface area (Å²) in [5.74, 6) is 0. The zero-order valence-electron chi connectivity index (χ0n) is 15.9. The molecule has 160 valence electrons. The molecule has 7 nitrogen and oxygen atoms in total. The van der Waals surface area contributed by atoms with Crippen molar-refractivity contribution in [3.05, 3.63) is 70.7 Å². The second-order valence-electron chi connectivity index (χ2n) is 6.53. The highest BCUT2D eigenvalue weighted by Crippen LogP contribution is 2.33. The molecule has 0 aliphatic rings. The van der Waals surface area contributed by atoms with Crippen LogP contribution in [0.1, 0.15) is 12.0 Å². The van der Waals surface area contributed by atoms with Crippen LogP contribution in [0.2, 0.25) is 10.0 Å². The maximum absolute atomic E-state index is 13.0. The van der Waals surface area contributed by atoms with Crippen molar-refractivity contribution in [3.8, 4) is 0 Å². The molecule has 0 aliphatic heterocycles. The largest absolute Gasteiger partial charge is 0.337 e. The van der Waals surface area contributed by atoms with Gasteiger partial charge in [0.1, 0.15) is 0 Å². The van der Waals surface area contributed by atoms with Crippen molar-refractivity contribution in [2.75, 3.05) is 6.54 Å². The summed E-state index contributed by atoms with van der Waals surface area (Å²) in [4.78, 5) is 3.45. The van der Waals surface area contributed by atoms with Crippen molar-refractivity contribution >= 4 is 43.1 Å². The van der Waals surface area contributed by atoms with Crippen LogP contribution in [0.25, 0.3) is 0 Å². The van der Waals surface area contributed by atoms with Gasteiger partial charge in [0.05, 0.1) is 31.1 Å². The predicted molar refractivity (Wildman–Crippen MR) is 115 cm³/mol. The van der Waals surface area contributed by atoms with Crippen molar-refractivity contribution < 1.29 is 16.8 Å². The van der Waals surface area contributed by atoms with Gasteiger partial charge in [0.15, 0.2) is 0 Å². The van der Waals surface area contributed by atoms with Gasteiger partial charge in [-0.1, -0.05) is 35.3 Å². The number of hydrogen-bond acceptors (Lipinski definition) is 5. The van der Waals surface area contributed by atoms with E-state index in [-0.39, 0.29) is 31.3 Å². The molecule has 0 bridgehead atoms. The summed E-state index contributed by atoms with van der Waals surface area (Å²) in [5, 5.41) is -0.0148. The zero-order valence-corrected chi connectivity index (χ0v) is 19.1. The smallest absolute Gasteiger partial charge is 0.240 e. The van der Waals surface area contributed by atoms with Gasteiger partial charge in [0, 0.05) is 25.5 Å². The Morgan fingerprint density at radius 3 is 2.53 bits per heavy atom. The summed E-state index contributed by atoms with van der Waals surface area (Å²) in [6, 6.07) is 8.20. The highest BCUT2D eigenvalue weighted by Gasteiger charge is 2.25. The molecule has 0 amide bonds. The number of nitrogens with zero attached hydrogens (tertiary/aromatic N) is 2. The highest BCUT2D eigenvalue weighted by molar-refractivity contribution is 7.92. The molecule has 3 rings (SSSR count). The first-order chi connectivity index (χ1) is 14.1. The fourth-order valence-corrected chi connectivity index (χ4v) is 6.28. The van der Waals surface area contributed by atoms with E-state index >= 15 is 0 Å². The molecule has 1 aromatic heterocycles. The average molecular weight is 488 g/mol. The van der Waals surface area contributed by atoms with Gasteiger partial charge in [0.2, 0.25) is 19.9 Å². The predicted octanol–water partition coefficient (Wildman–Crippen LogP) is 3.70. The minimum absolute atomic E-state index is 0.0947. The molecule has 30 heavy (non-hydrogen) atoms. The first kappa shape index (κ1) is 22.8. The zero-order chi connectivity index (χ0) is 21.9. The van der Waals surface area contributed by atoms with E-state index in [4.69, 9.17) is 23.2 Å². The lowest BCUT2D eigenvalue weighted by Gasteiger charge is -2.13. The van der Waals surface area contributed by atoms with Crippen molar-refractivity contribution in [2.24, 2.45) is 0 Å². The summed E-state index contributed by atoms with van der Waals surface area (Å²) < 4.78 is 56.0. The van der Waals surface area contributed by atoms with Gasteiger partial charge < -0.3 is 4.57 Å². The van der Waals surface area contributed by atoms with Gasteiger partial charge in [-0.2, -0.15) is 0 Å². The van der Waals surface area contributed by atoms with E-state index in [0.29, 0.717) is 18.5 Å². The lowest BCUT2D eigenvalue weighted by molar-refractivity contribution is 0.569. The van der Waals surface area contributed by atoms with Gasteiger partial charge in [0.25, 0.3) is 0 Å². The van der Waals surface area contributed by atoms with Crippen molar-refractivity contribution in [1.29, 1.82) is 0 Å². The van der Waals surface area contributed by atoms with E-state index in [1.807, 2.05) is 4.57 Å². The van der Waals surface area contributed by atoms with Gasteiger partial charge in [-0.25, -0.2) is 26.5 Å². The molecule has 2 aromatic carbocycles. The minimum Gasteiger partial charge on any atom is -0.337 e. The summed E-state index contributed by atoms with van der Waals surface area (Å²) in [6.07, 6.45) is 5.62. The Morgan fingerprint density at radius 2 is 1.83 bits per heavy atom. The first-order valence-corrected chi connectivity index (χ1v) is 12.6. The molecule has 11 heteroatoms. The fourth-order valence-electron chi connectivity index (χ4n) is 2.82. The third-order valence-corrected chi connectivity index (χ3v) is 8.74. The lowest BCUT2D eigenvalue weighted by atomic mass is 10.2. The van der Waals surface area contributed by atoms with Crippen LogP contribution in [0, 0.1) is 6.92 Å². The van der Waals surface area contributed by atoms with Crippen LogP contribution in [0.15, 0.2) is 69.8 Å². The third-order valence-electron chi connectivity index (χ3n) is 4.41. The van der Waals surface area contributed by atoms with Crippen LogP contribution >= 0.6 is 23.2 Å². The Kier molecular flexibility index (Phi) is 6.88. The minimum atomic E-state index is -4.07. The second kappa shape index (κ2) is 9.07. The summed E-state index contributed by atoms with van der Waals surface area (Å²) in [6.45, 7) is 2.39. The van der Waals surface area contributed by atoms with E-state index in [9.17, 15) is 16.8 Å². The number of aryl methyl sites for hydroxylation is 2. The van der Waals surface area contributed by atoms with E-state index in [1.54, 1.807) is 25.6 Å². The molecule has 0 spiro atoms. The average Bonchev–Trinajstić information content (AvgIpc) is 3.21.